The maximum absolute atomic E-state index is 12.6. The molecule has 0 heterocycles. The third-order valence-corrected chi connectivity index (χ3v) is 4.69. The van der Waals surface area contributed by atoms with Gasteiger partial charge in [-0.15, -0.1) is 37.1 Å². The molecule has 28 heavy (non-hydrogen) atoms. The first-order valence-electron chi connectivity index (χ1n) is 9.36. The number of hydrogen-bond acceptors (Lipinski definition) is 3. The minimum Gasteiger partial charge on any atom is -0.405 e. The fourth-order valence-electron chi connectivity index (χ4n) is 2.99. The Labute approximate surface area is 180 Å². The molecule has 2 unspecified atom stereocenters. The standard InChI is InChI=1S/C19H26F3N3O2.HI/c1-23-18(24-9-4-10-26-12-13-7-8-13)25-16-11-15(16)14-5-2-3-6-17(14)27-19(20,21)22;/h2-3,5-6,13,15-16H,4,7-12H2,1H3,(H2,23,24,25);1H. The Hall–Kier alpha value is -1.23. The maximum Gasteiger partial charge on any atom is 0.573 e. The molecule has 2 atom stereocenters. The van der Waals surface area contributed by atoms with E-state index in [1.54, 1.807) is 25.2 Å². The second-order valence-corrected chi connectivity index (χ2v) is 7.05. The first-order valence-corrected chi connectivity index (χ1v) is 9.36. The molecule has 5 nitrogen and oxygen atoms in total. The Balaban J connectivity index is 0.00000280. The summed E-state index contributed by atoms with van der Waals surface area (Å²) < 4.78 is 47.4. The Bertz CT molecular complexity index is 654. The van der Waals surface area contributed by atoms with Gasteiger partial charge in [-0.1, -0.05) is 18.2 Å². The smallest absolute Gasteiger partial charge is 0.405 e. The van der Waals surface area contributed by atoms with Gasteiger partial charge >= 0.3 is 6.36 Å². The van der Waals surface area contributed by atoms with E-state index in [0.717, 1.165) is 31.9 Å². The third-order valence-electron chi connectivity index (χ3n) is 4.69. The van der Waals surface area contributed by atoms with Gasteiger partial charge in [-0.25, -0.2) is 0 Å². The minimum absolute atomic E-state index is 0. The Morgan fingerprint density at radius 2 is 2.00 bits per heavy atom. The highest BCUT2D eigenvalue weighted by atomic mass is 127. The molecular weight excluding hydrogens is 486 g/mol. The van der Waals surface area contributed by atoms with Gasteiger partial charge in [0.1, 0.15) is 5.75 Å². The van der Waals surface area contributed by atoms with Crippen LogP contribution in [0.5, 0.6) is 5.75 Å². The first-order chi connectivity index (χ1) is 13.0. The van der Waals surface area contributed by atoms with Gasteiger partial charge in [0.25, 0.3) is 0 Å². The molecule has 2 saturated carbocycles. The number of aliphatic imine (C=N–C) groups is 1. The molecule has 0 saturated heterocycles. The summed E-state index contributed by atoms with van der Waals surface area (Å²) in [6.45, 7) is 2.31. The number of rotatable bonds is 9. The topological polar surface area (TPSA) is 54.9 Å². The fraction of sp³-hybridized carbons (Fsp3) is 0.632. The molecule has 0 aliphatic heterocycles. The number of guanidine groups is 1. The second-order valence-electron chi connectivity index (χ2n) is 7.05. The number of benzene rings is 1. The van der Waals surface area contributed by atoms with Crippen LogP contribution in [0.2, 0.25) is 0 Å². The number of ether oxygens (including phenoxy) is 2. The molecule has 0 bridgehead atoms. The summed E-state index contributed by atoms with van der Waals surface area (Å²) in [5.41, 5.74) is 0.566. The zero-order chi connectivity index (χ0) is 19.3. The van der Waals surface area contributed by atoms with Crippen LogP contribution in [0, 0.1) is 5.92 Å². The van der Waals surface area contributed by atoms with E-state index < -0.39 is 6.36 Å². The zero-order valence-corrected chi connectivity index (χ0v) is 18.1. The second kappa shape index (κ2) is 10.5. The van der Waals surface area contributed by atoms with Gasteiger partial charge in [-0.2, -0.15) is 0 Å². The van der Waals surface area contributed by atoms with E-state index in [2.05, 4.69) is 20.4 Å². The molecule has 0 spiro atoms. The first kappa shape index (κ1) is 23.1. The lowest BCUT2D eigenvalue weighted by Crippen LogP contribution is -2.39. The summed E-state index contributed by atoms with van der Waals surface area (Å²) >= 11 is 0. The molecule has 2 fully saturated rings. The molecule has 1 aromatic rings. The number of para-hydroxylation sites is 1. The van der Waals surface area contributed by atoms with E-state index in [-0.39, 0.29) is 41.7 Å². The Morgan fingerprint density at radius 3 is 2.68 bits per heavy atom. The van der Waals surface area contributed by atoms with Crippen molar-refractivity contribution >= 4 is 29.9 Å². The van der Waals surface area contributed by atoms with Crippen molar-refractivity contribution < 1.29 is 22.6 Å². The van der Waals surface area contributed by atoms with E-state index in [1.165, 1.54) is 18.9 Å². The number of nitrogens with one attached hydrogen (secondary N) is 2. The van der Waals surface area contributed by atoms with Gasteiger partial charge in [-0.3, -0.25) is 4.99 Å². The van der Waals surface area contributed by atoms with E-state index in [1.807, 2.05) is 0 Å². The summed E-state index contributed by atoms with van der Waals surface area (Å²) in [5, 5.41) is 6.48. The quantitative estimate of drug-likeness (QED) is 0.227. The van der Waals surface area contributed by atoms with Crippen molar-refractivity contribution in [3.8, 4) is 5.75 Å². The largest absolute Gasteiger partial charge is 0.573 e. The van der Waals surface area contributed by atoms with Crippen LogP contribution >= 0.6 is 24.0 Å². The summed E-state index contributed by atoms with van der Waals surface area (Å²) in [6, 6.07) is 6.35. The average molecular weight is 513 g/mol. The van der Waals surface area contributed by atoms with E-state index >= 15 is 0 Å². The molecule has 0 amide bonds. The van der Waals surface area contributed by atoms with Crippen LogP contribution in [0.25, 0.3) is 0 Å². The van der Waals surface area contributed by atoms with Crippen molar-refractivity contribution in [1.82, 2.24) is 10.6 Å². The Morgan fingerprint density at radius 1 is 1.25 bits per heavy atom. The third kappa shape index (κ3) is 7.65. The minimum atomic E-state index is -4.69. The highest BCUT2D eigenvalue weighted by Gasteiger charge is 2.42. The average Bonchev–Trinajstić information content (AvgIpc) is 3.52. The molecule has 0 aromatic heterocycles. The van der Waals surface area contributed by atoms with Crippen molar-refractivity contribution in [1.29, 1.82) is 0 Å². The molecule has 158 valence electrons. The van der Waals surface area contributed by atoms with Crippen LogP contribution in [0.4, 0.5) is 13.2 Å². The molecule has 3 rings (SSSR count). The molecule has 2 N–H and O–H groups in total. The molecule has 9 heteroatoms. The van der Waals surface area contributed by atoms with Crippen molar-refractivity contribution in [2.24, 2.45) is 10.9 Å². The zero-order valence-electron chi connectivity index (χ0n) is 15.8. The van der Waals surface area contributed by atoms with Gasteiger partial charge in [0.15, 0.2) is 5.96 Å². The van der Waals surface area contributed by atoms with Gasteiger partial charge in [0.2, 0.25) is 0 Å². The van der Waals surface area contributed by atoms with Crippen LogP contribution < -0.4 is 15.4 Å². The lowest BCUT2D eigenvalue weighted by Gasteiger charge is -2.14. The van der Waals surface area contributed by atoms with Gasteiger partial charge in [0.05, 0.1) is 0 Å². The fourth-order valence-corrected chi connectivity index (χ4v) is 2.99. The molecule has 1 aromatic carbocycles. The lowest BCUT2D eigenvalue weighted by atomic mass is 10.1. The van der Waals surface area contributed by atoms with Crippen LogP contribution in [0.3, 0.4) is 0 Å². The number of halogens is 4. The molecular formula is C19H27F3IN3O2. The predicted octanol–water partition coefficient (Wildman–Crippen LogP) is 4.04. The lowest BCUT2D eigenvalue weighted by molar-refractivity contribution is -0.274. The maximum atomic E-state index is 12.6. The van der Waals surface area contributed by atoms with Crippen molar-refractivity contribution in [2.75, 3.05) is 26.8 Å². The highest BCUT2D eigenvalue weighted by Crippen LogP contribution is 2.45. The number of nitrogens with zero attached hydrogens (tertiary/aromatic N) is 1. The van der Waals surface area contributed by atoms with Gasteiger partial charge < -0.3 is 20.1 Å². The van der Waals surface area contributed by atoms with E-state index in [9.17, 15) is 13.2 Å². The van der Waals surface area contributed by atoms with Crippen molar-refractivity contribution in [3.63, 3.8) is 0 Å². The van der Waals surface area contributed by atoms with Gasteiger partial charge in [-0.05, 0) is 43.2 Å². The monoisotopic (exact) mass is 513 g/mol. The van der Waals surface area contributed by atoms with Crippen molar-refractivity contribution in [3.05, 3.63) is 29.8 Å². The summed E-state index contributed by atoms with van der Waals surface area (Å²) in [4.78, 5) is 4.18. The van der Waals surface area contributed by atoms with Crippen LogP contribution in [-0.4, -0.2) is 45.2 Å². The SMILES string of the molecule is CN=C(NCCCOCC1CC1)NC1CC1c1ccccc1OC(F)(F)F.I. The summed E-state index contributed by atoms with van der Waals surface area (Å²) in [6.07, 6.45) is -0.497. The Kier molecular flexibility index (Phi) is 8.66. The number of hydrogen-bond donors (Lipinski definition) is 2. The summed E-state index contributed by atoms with van der Waals surface area (Å²) in [7, 11) is 1.68. The van der Waals surface area contributed by atoms with Crippen LogP contribution in [-0.2, 0) is 4.74 Å². The normalized spacial score (nSPS) is 21.6. The molecule has 0 radical (unpaired) electrons. The van der Waals surface area contributed by atoms with Gasteiger partial charge in [0, 0.05) is 38.8 Å². The molecule has 2 aliphatic rings. The summed E-state index contributed by atoms with van der Waals surface area (Å²) in [5.74, 6) is 1.27. The van der Waals surface area contributed by atoms with E-state index in [4.69, 9.17) is 4.74 Å². The van der Waals surface area contributed by atoms with Crippen LogP contribution in [0.1, 0.15) is 37.2 Å². The predicted molar refractivity (Wildman–Crippen MR) is 112 cm³/mol. The van der Waals surface area contributed by atoms with E-state index in [0.29, 0.717) is 18.1 Å². The number of alkyl halides is 3. The van der Waals surface area contributed by atoms with Crippen molar-refractivity contribution in [2.45, 2.75) is 44.0 Å². The molecule has 2 aliphatic carbocycles. The van der Waals surface area contributed by atoms with Crippen LogP contribution in [0.15, 0.2) is 29.3 Å². The highest BCUT2D eigenvalue weighted by molar-refractivity contribution is 14.0.